The average Bonchev–Trinajstić information content (AvgIpc) is 2.37. The maximum atomic E-state index is 3.47. The maximum absolute atomic E-state index is 3.47. The topological polar surface area (TPSA) is 3.24 Å². The third-order valence-electron chi connectivity index (χ3n) is 2.65. The van der Waals surface area contributed by atoms with E-state index in [0.717, 1.165) is 17.2 Å². The number of halogens is 1. The van der Waals surface area contributed by atoms with Gasteiger partial charge in [0.05, 0.1) is 0 Å². The Balaban J connectivity index is 2.23. The molecular formula is C9H18BrN. The lowest BCUT2D eigenvalue weighted by Crippen LogP contribution is -2.23. The zero-order chi connectivity index (χ0) is 8.27. The van der Waals surface area contributed by atoms with Crippen molar-refractivity contribution in [3.8, 4) is 0 Å². The summed E-state index contributed by atoms with van der Waals surface area (Å²) in [6, 6.07) is 0. The van der Waals surface area contributed by atoms with Crippen molar-refractivity contribution in [3.05, 3.63) is 0 Å². The molecule has 0 aromatic carbocycles. The Hall–Kier alpha value is 0.440. The lowest BCUT2D eigenvalue weighted by molar-refractivity contribution is 0.319. The molecule has 0 saturated carbocycles. The molecular weight excluding hydrogens is 202 g/mol. The Morgan fingerprint density at radius 1 is 1.55 bits per heavy atom. The van der Waals surface area contributed by atoms with Crippen molar-refractivity contribution >= 4 is 15.9 Å². The number of likely N-dealkylation sites (tertiary alicyclic amines) is 1. The standard InChI is InChI=1S/C9H18BrN/c1-8(2)9-3-5-11(7-9)6-4-10/h8-9H,3-7H2,1-2H3. The molecule has 1 rings (SSSR count). The molecule has 66 valence electrons. The Morgan fingerprint density at radius 3 is 2.73 bits per heavy atom. The summed E-state index contributed by atoms with van der Waals surface area (Å²) >= 11 is 3.47. The number of alkyl halides is 1. The molecule has 0 N–H and O–H groups in total. The highest BCUT2D eigenvalue weighted by Crippen LogP contribution is 2.23. The van der Waals surface area contributed by atoms with Crippen molar-refractivity contribution in [1.29, 1.82) is 0 Å². The van der Waals surface area contributed by atoms with Gasteiger partial charge in [0.2, 0.25) is 0 Å². The minimum Gasteiger partial charge on any atom is -0.302 e. The normalized spacial score (nSPS) is 26.7. The van der Waals surface area contributed by atoms with E-state index in [1.807, 2.05) is 0 Å². The molecule has 0 spiro atoms. The van der Waals surface area contributed by atoms with E-state index in [2.05, 4.69) is 34.7 Å². The predicted octanol–water partition coefficient (Wildman–Crippen LogP) is 2.36. The van der Waals surface area contributed by atoms with E-state index in [0.29, 0.717) is 0 Å². The van der Waals surface area contributed by atoms with Gasteiger partial charge in [-0.05, 0) is 24.8 Å². The van der Waals surface area contributed by atoms with Crippen LogP contribution in [0.3, 0.4) is 0 Å². The molecule has 1 aliphatic rings. The second-order valence-electron chi connectivity index (χ2n) is 3.78. The summed E-state index contributed by atoms with van der Waals surface area (Å²) in [5.74, 6) is 1.82. The first-order chi connectivity index (χ1) is 5.24. The van der Waals surface area contributed by atoms with Crippen LogP contribution in [0.1, 0.15) is 20.3 Å². The Bertz CT molecular complexity index is 114. The van der Waals surface area contributed by atoms with Crippen molar-refractivity contribution < 1.29 is 0 Å². The van der Waals surface area contributed by atoms with Gasteiger partial charge in [-0.15, -0.1) is 0 Å². The molecule has 0 amide bonds. The lowest BCUT2D eigenvalue weighted by atomic mass is 9.95. The summed E-state index contributed by atoms with van der Waals surface area (Å²) in [6.45, 7) is 8.53. The molecule has 0 bridgehead atoms. The van der Waals surface area contributed by atoms with Crippen molar-refractivity contribution in [2.45, 2.75) is 20.3 Å². The molecule has 2 heteroatoms. The van der Waals surface area contributed by atoms with E-state index in [1.165, 1.54) is 26.1 Å². The fraction of sp³-hybridized carbons (Fsp3) is 1.00. The fourth-order valence-electron chi connectivity index (χ4n) is 1.73. The second kappa shape index (κ2) is 4.46. The van der Waals surface area contributed by atoms with Crippen LogP contribution in [-0.4, -0.2) is 29.9 Å². The van der Waals surface area contributed by atoms with E-state index in [4.69, 9.17) is 0 Å². The van der Waals surface area contributed by atoms with Gasteiger partial charge >= 0.3 is 0 Å². The molecule has 1 fully saturated rings. The van der Waals surface area contributed by atoms with Gasteiger partial charge in [0.15, 0.2) is 0 Å². The zero-order valence-electron chi connectivity index (χ0n) is 7.52. The quantitative estimate of drug-likeness (QED) is 0.660. The van der Waals surface area contributed by atoms with Gasteiger partial charge in [-0.2, -0.15) is 0 Å². The van der Waals surface area contributed by atoms with Crippen LogP contribution >= 0.6 is 15.9 Å². The Kier molecular flexibility index (Phi) is 3.86. The fourth-order valence-corrected chi connectivity index (χ4v) is 2.23. The maximum Gasteiger partial charge on any atom is 0.0159 e. The van der Waals surface area contributed by atoms with E-state index >= 15 is 0 Å². The summed E-state index contributed by atoms with van der Waals surface area (Å²) in [6.07, 6.45) is 1.41. The Labute approximate surface area is 78.3 Å². The average molecular weight is 220 g/mol. The molecule has 1 heterocycles. The van der Waals surface area contributed by atoms with Gasteiger partial charge in [-0.1, -0.05) is 29.8 Å². The van der Waals surface area contributed by atoms with Gasteiger partial charge < -0.3 is 4.90 Å². The minimum absolute atomic E-state index is 0.871. The minimum atomic E-state index is 0.871. The second-order valence-corrected chi connectivity index (χ2v) is 4.58. The van der Waals surface area contributed by atoms with E-state index < -0.39 is 0 Å². The highest BCUT2D eigenvalue weighted by molar-refractivity contribution is 9.09. The highest BCUT2D eigenvalue weighted by Gasteiger charge is 2.23. The van der Waals surface area contributed by atoms with Crippen LogP contribution in [0.2, 0.25) is 0 Å². The first-order valence-corrected chi connectivity index (χ1v) is 5.64. The highest BCUT2D eigenvalue weighted by atomic mass is 79.9. The summed E-state index contributed by atoms with van der Waals surface area (Å²) < 4.78 is 0. The van der Waals surface area contributed by atoms with Crippen LogP contribution in [0.4, 0.5) is 0 Å². The summed E-state index contributed by atoms with van der Waals surface area (Å²) in [7, 11) is 0. The van der Waals surface area contributed by atoms with Gasteiger partial charge in [0.25, 0.3) is 0 Å². The number of hydrogen-bond acceptors (Lipinski definition) is 1. The van der Waals surface area contributed by atoms with Crippen LogP contribution in [0.15, 0.2) is 0 Å². The third-order valence-corrected chi connectivity index (χ3v) is 3.01. The molecule has 1 aliphatic heterocycles. The molecule has 0 aliphatic carbocycles. The van der Waals surface area contributed by atoms with Crippen LogP contribution < -0.4 is 0 Å². The molecule has 0 radical (unpaired) electrons. The number of rotatable bonds is 3. The van der Waals surface area contributed by atoms with Gasteiger partial charge in [-0.25, -0.2) is 0 Å². The molecule has 0 aromatic heterocycles. The molecule has 1 nitrogen and oxygen atoms in total. The van der Waals surface area contributed by atoms with Crippen LogP contribution in [0, 0.1) is 11.8 Å². The van der Waals surface area contributed by atoms with Crippen molar-refractivity contribution in [3.63, 3.8) is 0 Å². The molecule has 1 atom stereocenters. The van der Waals surface area contributed by atoms with E-state index in [-0.39, 0.29) is 0 Å². The molecule has 11 heavy (non-hydrogen) atoms. The smallest absolute Gasteiger partial charge is 0.0159 e. The zero-order valence-corrected chi connectivity index (χ0v) is 9.10. The SMILES string of the molecule is CC(C)C1CCN(CCBr)C1. The number of hydrogen-bond donors (Lipinski definition) is 0. The molecule has 1 unspecified atom stereocenters. The number of nitrogens with zero attached hydrogens (tertiary/aromatic N) is 1. The third kappa shape index (κ3) is 2.75. The van der Waals surface area contributed by atoms with Crippen LogP contribution in [-0.2, 0) is 0 Å². The predicted molar refractivity (Wildman–Crippen MR) is 53.2 cm³/mol. The molecule has 1 saturated heterocycles. The first-order valence-electron chi connectivity index (χ1n) is 4.52. The van der Waals surface area contributed by atoms with Gasteiger partial charge in [0, 0.05) is 18.4 Å². The summed E-state index contributed by atoms with van der Waals surface area (Å²) in [5.41, 5.74) is 0. The van der Waals surface area contributed by atoms with Gasteiger partial charge in [-0.3, -0.25) is 0 Å². The summed E-state index contributed by atoms with van der Waals surface area (Å²) in [4.78, 5) is 2.55. The van der Waals surface area contributed by atoms with E-state index in [1.54, 1.807) is 0 Å². The Morgan fingerprint density at radius 2 is 2.27 bits per heavy atom. The lowest BCUT2D eigenvalue weighted by Gasteiger charge is -2.16. The van der Waals surface area contributed by atoms with Crippen molar-refractivity contribution in [1.82, 2.24) is 4.90 Å². The van der Waals surface area contributed by atoms with Gasteiger partial charge in [0.1, 0.15) is 0 Å². The van der Waals surface area contributed by atoms with Crippen LogP contribution in [0.5, 0.6) is 0 Å². The van der Waals surface area contributed by atoms with Crippen molar-refractivity contribution in [2.75, 3.05) is 25.0 Å². The first kappa shape index (κ1) is 9.53. The monoisotopic (exact) mass is 219 g/mol. The van der Waals surface area contributed by atoms with E-state index in [9.17, 15) is 0 Å². The van der Waals surface area contributed by atoms with Crippen LogP contribution in [0.25, 0.3) is 0 Å². The molecule has 0 aromatic rings. The largest absolute Gasteiger partial charge is 0.302 e. The summed E-state index contributed by atoms with van der Waals surface area (Å²) in [5, 5.41) is 1.12. The van der Waals surface area contributed by atoms with Crippen molar-refractivity contribution in [2.24, 2.45) is 11.8 Å².